The molecular formula is C29H24N6O5S2. The molecule has 3 aromatic carbocycles. The fourth-order valence-corrected chi connectivity index (χ4v) is 6.12. The topological polar surface area (TPSA) is 150 Å². The van der Waals surface area contributed by atoms with Crippen molar-refractivity contribution >= 4 is 32.6 Å². The van der Waals surface area contributed by atoms with Crippen LogP contribution < -0.4 is 9.46 Å². The minimum absolute atomic E-state index is 0.0269. The molecule has 2 N–H and O–H groups in total. The van der Waals surface area contributed by atoms with Crippen LogP contribution in [0.15, 0.2) is 89.4 Å². The fourth-order valence-electron chi connectivity index (χ4n) is 4.31. The van der Waals surface area contributed by atoms with Crippen LogP contribution in [0.25, 0.3) is 22.4 Å². The lowest BCUT2D eigenvalue weighted by atomic mass is 9.96. The summed E-state index contributed by atoms with van der Waals surface area (Å²) in [6.07, 6.45) is 2.10. The van der Waals surface area contributed by atoms with Crippen LogP contribution in [0.3, 0.4) is 0 Å². The molecule has 0 radical (unpaired) electrons. The maximum absolute atomic E-state index is 12.8. The van der Waals surface area contributed by atoms with E-state index in [4.69, 9.17) is 4.74 Å². The zero-order valence-electron chi connectivity index (χ0n) is 22.4. The second-order valence-electron chi connectivity index (χ2n) is 9.16. The highest BCUT2D eigenvalue weighted by Gasteiger charge is 2.20. The zero-order valence-corrected chi connectivity index (χ0v) is 24.1. The second kappa shape index (κ2) is 11.7. The Hall–Kier alpha value is -5.19. The summed E-state index contributed by atoms with van der Waals surface area (Å²) in [6.45, 7) is 0.197. The van der Waals surface area contributed by atoms with E-state index in [-0.39, 0.29) is 27.9 Å². The minimum atomic E-state index is -3.97. The highest BCUT2D eigenvalue weighted by molar-refractivity contribution is 7.93. The van der Waals surface area contributed by atoms with Gasteiger partial charge in [-0.1, -0.05) is 30.3 Å². The maximum atomic E-state index is 12.8. The number of rotatable bonds is 9. The molecule has 1 amide bonds. The number of sulfonamides is 1. The highest BCUT2D eigenvalue weighted by atomic mass is 32.2. The van der Waals surface area contributed by atoms with Gasteiger partial charge in [0.25, 0.3) is 10.0 Å². The van der Waals surface area contributed by atoms with Crippen molar-refractivity contribution in [1.29, 1.82) is 5.26 Å². The SMILES string of the molecule is CN(Cc1ccccc1-c1ccc(Oc2ccc(S(=O)(=O)Nc3nccs3)cc2C#N)c(-c2ccnn2C)c1)C(=O)O. The van der Waals surface area contributed by atoms with Crippen molar-refractivity contribution in [2.75, 3.05) is 11.8 Å². The Morgan fingerprint density at radius 3 is 2.57 bits per heavy atom. The lowest BCUT2D eigenvalue weighted by molar-refractivity contribution is 0.154. The molecule has 2 aromatic heterocycles. The lowest BCUT2D eigenvalue weighted by Gasteiger charge is -2.18. The molecule has 5 aromatic rings. The number of hydrogen-bond donors (Lipinski definition) is 2. The van der Waals surface area contributed by atoms with Crippen LogP contribution >= 0.6 is 11.3 Å². The standard InChI is InChI=1S/C29H24N6O5S2/c1-34(29(36)37)18-20-5-3-4-6-23(20)19-7-9-27(24(16-19)25-11-12-32-35(25)2)40-26-10-8-22(15-21(26)17-30)42(38,39)33-28-31-13-14-41-28/h3-16H,18H2,1-2H3,(H,31,33)(H,36,37). The predicted molar refractivity (Wildman–Crippen MR) is 158 cm³/mol. The van der Waals surface area contributed by atoms with Crippen LogP contribution in [0.5, 0.6) is 11.5 Å². The molecule has 0 aliphatic heterocycles. The number of thiazole rings is 1. The quantitative estimate of drug-likeness (QED) is 0.216. The third kappa shape index (κ3) is 5.95. The van der Waals surface area contributed by atoms with Crippen LogP contribution in [-0.2, 0) is 23.6 Å². The fraction of sp³-hybridized carbons (Fsp3) is 0.103. The molecule has 2 heterocycles. The molecule has 0 aliphatic carbocycles. The first-order valence-corrected chi connectivity index (χ1v) is 14.8. The van der Waals surface area contributed by atoms with Crippen LogP contribution in [-0.4, -0.2) is 46.3 Å². The van der Waals surface area contributed by atoms with E-state index in [1.807, 2.05) is 48.5 Å². The molecule has 0 atom stereocenters. The highest BCUT2D eigenvalue weighted by Crippen LogP contribution is 2.39. The van der Waals surface area contributed by atoms with Crippen LogP contribution in [0.2, 0.25) is 0 Å². The van der Waals surface area contributed by atoms with Crippen molar-refractivity contribution in [3.05, 3.63) is 95.6 Å². The molecule has 0 fully saturated rings. The van der Waals surface area contributed by atoms with Gasteiger partial charge in [-0.15, -0.1) is 11.3 Å². The van der Waals surface area contributed by atoms with E-state index in [2.05, 4.69) is 14.8 Å². The normalized spacial score (nSPS) is 11.1. The molecule has 0 saturated heterocycles. The molecule has 11 nitrogen and oxygen atoms in total. The molecule has 13 heteroatoms. The van der Waals surface area contributed by atoms with Crippen LogP contribution in [0.4, 0.5) is 9.93 Å². The maximum Gasteiger partial charge on any atom is 0.407 e. The molecule has 0 unspecified atom stereocenters. The summed E-state index contributed by atoms with van der Waals surface area (Å²) in [5.41, 5.74) is 3.92. The van der Waals surface area contributed by atoms with E-state index in [1.54, 1.807) is 29.4 Å². The summed E-state index contributed by atoms with van der Waals surface area (Å²) in [5, 5.41) is 25.4. The van der Waals surface area contributed by atoms with Gasteiger partial charge in [0.05, 0.1) is 16.2 Å². The summed E-state index contributed by atoms with van der Waals surface area (Å²) >= 11 is 1.14. The van der Waals surface area contributed by atoms with Crippen LogP contribution in [0, 0.1) is 11.3 Å². The molecule has 5 rings (SSSR count). The van der Waals surface area contributed by atoms with Gasteiger partial charge < -0.3 is 14.7 Å². The monoisotopic (exact) mass is 600 g/mol. The second-order valence-corrected chi connectivity index (χ2v) is 11.7. The average molecular weight is 601 g/mol. The van der Waals surface area contributed by atoms with E-state index in [0.29, 0.717) is 11.3 Å². The van der Waals surface area contributed by atoms with E-state index < -0.39 is 16.1 Å². The van der Waals surface area contributed by atoms with Gasteiger partial charge in [0.15, 0.2) is 5.13 Å². The molecule has 212 valence electrons. The molecular weight excluding hydrogens is 576 g/mol. The number of anilines is 1. The van der Waals surface area contributed by atoms with E-state index in [0.717, 1.165) is 33.7 Å². The zero-order chi connectivity index (χ0) is 29.9. The number of carboxylic acid groups (broad SMARTS) is 1. The number of carbonyl (C=O) groups is 1. The Morgan fingerprint density at radius 1 is 1.10 bits per heavy atom. The van der Waals surface area contributed by atoms with Crippen molar-refractivity contribution in [3.63, 3.8) is 0 Å². The van der Waals surface area contributed by atoms with Crippen molar-refractivity contribution in [1.82, 2.24) is 19.7 Å². The van der Waals surface area contributed by atoms with Gasteiger partial charge in [-0.2, -0.15) is 10.4 Å². The Balaban J connectivity index is 1.53. The first kappa shape index (κ1) is 28.3. The Labute approximate surface area is 245 Å². The predicted octanol–water partition coefficient (Wildman–Crippen LogP) is 5.79. The molecule has 0 aliphatic rings. The Kier molecular flexibility index (Phi) is 7.92. The first-order valence-electron chi connectivity index (χ1n) is 12.5. The van der Waals surface area contributed by atoms with Gasteiger partial charge in [0.1, 0.15) is 17.6 Å². The number of aryl methyl sites for hydroxylation is 1. The number of nitriles is 1. The minimum Gasteiger partial charge on any atom is -0.465 e. The van der Waals surface area contributed by atoms with Crippen molar-refractivity contribution in [2.45, 2.75) is 11.4 Å². The number of amides is 1. The number of nitrogens with one attached hydrogen (secondary N) is 1. The summed E-state index contributed by atoms with van der Waals surface area (Å²) < 4.78 is 36.0. The number of benzene rings is 3. The summed E-state index contributed by atoms with van der Waals surface area (Å²) in [4.78, 5) is 16.5. The van der Waals surface area contributed by atoms with Crippen molar-refractivity contribution < 1.29 is 23.1 Å². The molecule has 0 spiro atoms. The number of ether oxygens (including phenoxy) is 1. The van der Waals surface area contributed by atoms with E-state index in [9.17, 15) is 23.6 Å². The molecule has 0 saturated carbocycles. The van der Waals surface area contributed by atoms with E-state index in [1.165, 1.54) is 36.3 Å². The summed E-state index contributed by atoms with van der Waals surface area (Å²) in [6, 6.07) is 20.9. The third-order valence-corrected chi connectivity index (χ3v) is 8.55. The van der Waals surface area contributed by atoms with Crippen molar-refractivity contribution in [3.8, 4) is 40.0 Å². The van der Waals surface area contributed by atoms with Crippen LogP contribution in [0.1, 0.15) is 11.1 Å². The van der Waals surface area contributed by atoms with Gasteiger partial charge in [0.2, 0.25) is 0 Å². The van der Waals surface area contributed by atoms with Gasteiger partial charge in [-0.25, -0.2) is 18.2 Å². The van der Waals surface area contributed by atoms with Gasteiger partial charge >= 0.3 is 6.09 Å². The first-order chi connectivity index (χ1) is 20.2. The third-order valence-electron chi connectivity index (χ3n) is 6.39. The van der Waals surface area contributed by atoms with E-state index >= 15 is 0 Å². The largest absolute Gasteiger partial charge is 0.465 e. The van der Waals surface area contributed by atoms with Gasteiger partial charge in [-0.05, 0) is 53.1 Å². The molecule has 0 bridgehead atoms. The Bertz CT molecular complexity index is 1910. The summed E-state index contributed by atoms with van der Waals surface area (Å²) in [5.74, 6) is 0.584. The lowest BCUT2D eigenvalue weighted by Crippen LogP contribution is -2.24. The van der Waals surface area contributed by atoms with Crippen molar-refractivity contribution in [2.24, 2.45) is 7.05 Å². The smallest absolute Gasteiger partial charge is 0.407 e. The van der Waals surface area contributed by atoms with Gasteiger partial charge in [-0.3, -0.25) is 9.40 Å². The number of nitrogens with zero attached hydrogens (tertiary/aromatic N) is 5. The average Bonchev–Trinajstić information content (AvgIpc) is 3.65. The molecule has 42 heavy (non-hydrogen) atoms. The number of hydrogen-bond acceptors (Lipinski definition) is 8. The summed E-state index contributed by atoms with van der Waals surface area (Å²) in [7, 11) is -0.671. The van der Waals surface area contributed by atoms with Gasteiger partial charge in [0, 0.05) is 44.0 Å². The Morgan fingerprint density at radius 2 is 1.88 bits per heavy atom. The number of aromatic nitrogens is 3.